The first-order valence-electron chi connectivity index (χ1n) is 8.73. The van der Waals surface area contributed by atoms with E-state index in [1.807, 2.05) is 18.2 Å². The molecule has 3 atom stereocenters. The number of rotatable bonds is 5. The van der Waals surface area contributed by atoms with Gasteiger partial charge in [0.1, 0.15) is 12.7 Å². The van der Waals surface area contributed by atoms with Gasteiger partial charge in [0.25, 0.3) is 10.1 Å². The number of ether oxygens (including phenoxy) is 1. The molecule has 1 saturated heterocycles. The zero-order chi connectivity index (χ0) is 21.1. The molecule has 10 heteroatoms. The third-order valence-corrected chi connectivity index (χ3v) is 4.98. The number of carbonyl (C=O) groups is 2. The second-order valence-electron chi connectivity index (χ2n) is 7.82. The molecule has 9 nitrogen and oxygen atoms in total. The number of carbonyl (C=O) groups excluding carboxylic acids is 1. The van der Waals surface area contributed by atoms with Crippen molar-refractivity contribution in [2.45, 2.75) is 45.6 Å². The van der Waals surface area contributed by atoms with Gasteiger partial charge in [-0.15, -0.1) is 0 Å². The third kappa shape index (κ3) is 5.83. The van der Waals surface area contributed by atoms with Crippen LogP contribution in [0.2, 0.25) is 0 Å². The van der Waals surface area contributed by atoms with Crippen LogP contribution in [0.15, 0.2) is 30.3 Å². The van der Waals surface area contributed by atoms with Crippen LogP contribution in [0.5, 0.6) is 0 Å². The van der Waals surface area contributed by atoms with Gasteiger partial charge in [0, 0.05) is 0 Å². The predicted molar refractivity (Wildman–Crippen MR) is 101 cm³/mol. The Balaban J connectivity index is 2.20. The summed E-state index contributed by atoms with van der Waals surface area (Å²) in [6.45, 7) is 5.26. The van der Waals surface area contributed by atoms with Crippen molar-refractivity contribution >= 4 is 22.3 Å². The number of alkyl carbamates (subject to hydrolysis) is 1. The van der Waals surface area contributed by atoms with E-state index in [1.165, 1.54) is 0 Å². The van der Waals surface area contributed by atoms with Crippen LogP contribution in [0, 0.1) is 5.41 Å². The molecule has 2 amide bonds. The van der Waals surface area contributed by atoms with Gasteiger partial charge in [-0.2, -0.15) is 8.42 Å². The number of benzene rings is 1. The van der Waals surface area contributed by atoms with E-state index in [1.54, 1.807) is 32.9 Å². The number of nitrogens with zero attached hydrogens (tertiary/aromatic N) is 1. The minimum absolute atomic E-state index is 0.0276. The van der Waals surface area contributed by atoms with Crippen LogP contribution in [-0.2, 0) is 25.6 Å². The highest BCUT2D eigenvalue weighted by molar-refractivity contribution is 7.86. The summed E-state index contributed by atoms with van der Waals surface area (Å²) in [4.78, 5) is 25.1. The SMILES string of the molecule is CC(C)(C)C1[C@@H](NC(=O)OCc2ccccc2)[C@@H](OS(C)(=O)=O)CN1C(=O)O. The van der Waals surface area contributed by atoms with Crippen LogP contribution >= 0.6 is 0 Å². The topological polar surface area (TPSA) is 122 Å². The number of nitrogens with one attached hydrogen (secondary N) is 1. The largest absolute Gasteiger partial charge is 0.465 e. The van der Waals surface area contributed by atoms with Gasteiger partial charge in [0.2, 0.25) is 0 Å². The van der Waals surface area contributed by atoms with Gasteiger partial charge in [-0.3, -0.25) is 9.08 Å². The molecular formula is C18H26N2O7S. The van der Waals surface area contributed by atoms with Crippen molar-refractivity contribution in [3.05, 3.63) is 35.9 Å². The summed E-state index contributed by atoms with van der Waals surface area (Å²) in [5, 5.41) is 12.2. The molecule has 1 heterocycles. The molecule has 2 N–H and O–H groups in total. The summed E-state index contributed by atoms with van der Waals surface area (Å²) < 4.78 is 33.5. The number of hydrogen-bond donors (Lipinski definition) is 2. The highest BCUT2D eigenvalue weighted by Crippen LogP contribution is 2.35. The maximum Gasteiger partial charge on any atom is 0.407 e. The van der Waals surface area contributed by atoms with Gasteiger partial charge in [-0.1, -0.05) is 51.1 Å². The van der Waals surface area contributed by atoms with Crippen molar-refractivity contribution in [1.29, 1.82) is 0 Å². The van der Waals surface area contributed by atoms with Crippen molar-refractivity contribution in [3.8, 4) is 0 Å². The number of amides is 2. The van der Waals surface area contributed by atoms with E-state index in [0.29, 0.717) is 0 Å². The molecule has 0 bridgehead atoms. The lowest BCUT2D eigenvalue weighted by Crippen LogP contribution is -2.55. The fourth-order valence-corrected chi connectivity index (χ4v) is 4.04. The van der Waals surface area contributed by atoms with E-state index < -0.39 is 45.9 Å². The first kappa shape index (κ1) is 22.0. The maximum atomic E-state index is 12.3. The third-order valence-electron chi connectivity index (χ3n) is 4.38. The van der Waals surface area contributed by atoms with Crippen LogP contribution < -0.4 is 5.32 Å². The fraction of sp³-hybridized carbons (Fsp3) is 0.556. The summed E-state index contributed by atoms with van der Waals surface area (Å²) in [6, 6.07) is 7.44. The number of carboxylic acid groups (broad SMARTS) is 1. The maximum absolute atomic E-state index is 12.3. The van der Waals surface area contributed by atoms with Crippen LogP contribution in [0.1, 0.15) is 26.3 Å². The monoisotopic (exact) mass is 414 g/mol. The van der Waals surface area contributed by atoms with Crippen molar-refractivity contribution in [3.63, 3.8) is 0 Å². The first-order chi connectivity index (χ1) is 12.9. The Labute approximate surface area is 164 Å². The Kier molecular flexibility index (Phi) is 6.56. The van der Waals surface area contributed by atoms with Crippen LogP contribution in [0.4, 0.5) is 9.59 Å². The second-order valence-corrected chi connectivity index (χ2v) is 9.42. The van der Waals surface area contributed by atoms with Crippen LogP contribution in [0.3, 0.4) is 0 Å². The standard InChI is InChI=1S/C18H26N2O7S/c1-18(2,3)15-14(13(27-28(4,24)25)10-20(15)17(22)23)19-16(21)26-11-12-8-6-5-7-9-12/h5-9,13-15H,10-11H2,1-4H3,(H,19,21)(H,22,23)/t13-,14-,15?/m0/s1. The molecule has 1 aliphatic rings. The average molecular weight is 414 g/mol. The predicted octanol–water partition coefficient (Wildman–Crippen LogP) is 2.03. The summed E-state index contributed by atoms with van der Waals surface area (Å²) in [5.41, 5.74) is 0.193. The highest BCUT2D eigenvalue weighted by atomic mass is 32.2. The Morgan fingerprint density at radius 2 is 1.86 bits per heavy atom. The molecule has 1 unspecified atom stereocenters. The van der Waals surface area contributed by atoms with Gasteiger partial charge in [0.15, 0.2) is 0 Å². The molecule has 1 aromatic rings. The van der Waals surface area contributed by atoms with E-state index in [2.05, 4.69) is 5.32 Å². The molecular weight excluding hydrogens is 388 g/mol. The van der Waals surface area contributed by atoms with Gasteiger partial charge in [-0.05, 0) is 11.0 Å². The van der Waals surface area contributed by atoms with Crippen molar-refractivity contribution < 1.29 is 32.0 Å². The van der Waals surface area contributed by atoms with Crippen LogP contribution in [0.25, 0.3) is 0 Å². The zero-order valence-electron chi connectivity index (χ0n) is 16.3. The van der Waals surface area contributed by atoms with Crippen molar-refractivity contribution in [2.75, 3.05) is 12.8 Å². The molecule has 156 valence electrons. The summed E-state index contributed by atoms with van der Waals surface area (Å²) in [7, 11) is -3.86. The number of likely N-dealkylation sites (tertiary alicyclic amines) is 1. The smallest absolute Gasteiger partial charge is 0.407 e. The minimum atomic E-state index is -3.86. The lowest BCUT2D eigenvalue weighted by molar-refractivity contribution is 0.0893. The Morgan fingerprint density at radius 1 is 1.25 bits per heavy atom. The Bertz CT molecular complexity index is 805. The normalized spacial score (nSPS) is 22.7. The van der Waals surface area contributed by atoms with Gasteiger partial charge in [-0.25, -0.2) is 9.59 Å². The Morgan fingerprint density at radius 3 is 2.36 bits per heavy atom. The molecule has 1 aliphatic heterocycles. The summed E-state index contributed by atoms with van der Waals surface area (Å²) in [5.74, 6) is 0. The molecule has 0 aliphatic carbocycles. The highest BCUT2D eigenvalue weighted by Gasteiger charge is 2.51. The van der Waals surface area contributed by atoms with Gasteiger partial charge in [0.05, 0.1) is 24.9 Å². The quantitative estimate of drug-likeness (QED) is 0.707. The van der Waals surface area contributed by atoms with E-state index in [0.717, 1.165) is 16.7 Å². The molecule has 0 radical (unpaired) electrons. The first-order valence-corrected chi connectivity index (χ1v) is 10.5. The Hall–Kier alpha value is -2.33. The summed E-state index contributed by atoms with van der Waals surface area (Å²) in [6.07, 6.45) is -2.17. The van der Waals surface area contributed by atoms with E-state index in [9.17, 15) is 23.1 Å². The van der Waals surface area contributed by atoms with Gasteiger partial charge < -0.3 is 15.2 Å². The second kappa shape index (κ2) is 8.36. The average Bonchev–Trinajstić information content (AvgIpc) is 2.91. The fourth-order valence-electron chi connectivity index (χ4n) is 3.41. The molecule has 1 fully saturated rings. The molecule has 2 rings (SSSR count). The van der Waals surface area contributed by atoms with Crippen molar-refractivity contribution in [1.82, 2.24) is 10.2 Å². The lowest BCUT2D eigenvalue weighted by atomic mass is 9.82. The van der Waals surface area contributed by atoms with Crippen molar-refractivity contribution in [2.24, 2.45) is 5.41 Å². The molecule has 0 aromatic heterocycles. The minimum Gasteiger partial charge on any atom is -0.465 e. The van der Waals surface area contributed by atoms with E-state index in [-0.39, 0.29) is 13.2 Å². The zero-order valence-corrected chi connectivity index (χ0v) is 17.1. The number of hydrogen-bond acceptors (Lipinski definition) is 6. The molecule has 1 aromatic carbocycles. The molecule has 0 spiro atoms. The van der Waals surface area contributed by atoms with E-state index >= 15 is 0 Å². The van der Waals surface area contributed by atoms with Gasteiger partial charge >= 0.3 is 12.2 Å². The molecule has 28 heavy (non-hydrogen) atoms. The lowest BCUT2D eigenvalue weighted by Gasteiger charge is -2.37. The summed E-state index contributed by atoms with van der Waals surface area (Å²) >= 11 is 0. The molecule has 0 saturated carbocycles. The van der Waals surface area contributed by atoms with E-state index in [4.69, 9.17) is 8.92 Å². The van der Waals surface area contributed by atoms with Crippen LogP contribution in [-0.4, -0.2) is 61.6 Å².